The van der Waals surface area contributed by atoms with E-state index in [4.69, 9.17) is 10.5 Å². The highest BCUT2D eigenvalue weighted by molar-refractivity contribution is 7.89. The average molecular weight is 284 g/mol. The maximum absolute atomic E-state index is 12.6. The van der Waals surface area contributed by atoms with Gasteiger partial charge in [0.2, 0.25) is 10.0 Å². The normalized spacial score (nSPS) is 11.6. The predicted molar refractivity (Wildman–Crippen MR) is 75.5 cm³/mol. The smallest absolute Gasteiger partial charge is 0.247 e. The molecule has 0 heterocycles. The van der Waals surface area contributed by atoms with E-state index in [1.165, 1.54) is 11.4 Å². The summed E-state index contributed by atoms with van der Waals surface area (Å²) in [5.41, 5.74) is 6.30. The first-order chi connectivity index (χ1) is 9.01. The summed E-state index contributed by atoms with van der Waals surface area (Å²) in [6.07, 6.45) is 1.56. The van der Waals surface area contributed by atoms with Crippen LogP contribution in [0.1, 0.15) is 12.5 Å². The molecule has 0 bridgehead atoms. The van der Waals surface area contributed by atoms with Crippen molar-refractivity contribution in [2.45, 2.75) is 18.4 Å². The minimum atomic E-state index is -3.61. The van der Waals surface area contributed by atoms with Crippen LogP contribution >= 0.6 is 0 Å². The minimum absolute atomic E-state index is 0.140. The Hall–Kier alpha value is -1.37. The van der Waals surface area contributed by atoms with Gasteiger partial charge in [0.05, 0.1) is 7.11 Å². The first-order valence-electron chi connectivity index (χ1n) is 5.99. The summed E-state index contributed by atoms with van der Waals surface area (Å²) < 4.78 is 31.6. The van der Waals surface area contributed by atoms with Crippen LogP contribution in [0.25, 0.3) is 0 Å². The summed E-state index contributed by atoms with van der Waals surface area (Å²) >= 11 is 0. The summed E-state index contributed by atoms with van der Waals surface area (Å²) in [6, 6.07) is 4.93. The highest BCUT2D eigenvalue weighted by Crippen LogP contribution is 2.27. The van der Waals surface area contributed by atoms with E-state index in [-0.39, 0.29) is 18.0 Å². The van der Waals surface area contributed by atoms with Crippen molar-refractivity contribution in [1.82, 2.24) is 4.31 Å². The zero-order chi connectivity index (χ0) is 14.5. The van der Waals surface area contributed by atoms with Gasteiger partial charge in [0.15, 0.2) is 0 Å². The SMILES string of the molecule is C=CCN(CC)S(=O)(=O)c1cc(CN)ccc1OC. The molecule has 0 aliphatic carbocycles. The van der Waals surface area contributed by atoms with Crippen molar-refractivity contribution >= 4 is 10.0 Å². The lowest BCUT2D eigenvalue weighted by atomic mass is 10.2. The Morgan fingerprint density at radius 1 is 1.47 bits per heavy atom. The number of sulfonamides is 1. The number of likely N-dealkylation sites (N-methyl/N-ethyl adjacent to an activating group) is 1. The molecule has 0 fully saturated rings. The number of methoxy groups -OCH3 is 1. The van der Waals surface area contributed by atoms with E-state index in [0.717, 1.165) is 5.56 Å². The van der Waals surface area contributed by atoms with Gasteiger partial charge in [-0.05, 0) is 17.7 Å². The summed E-state index contributed by atoms with van der Waals surface area (Å²) in [5, 5.41) is 0. The summed E-state index contributed by atoms with van der Waals surface area (Å²) in [5.74, 6) is 0.319. The topological polar surface area (TPSA) is 72.6 Å². The quantitative estimate of drug-likeness (QED) is 0.767. The summed E-state index contributed by atoms with van der Waals surface area (Å²) in [4.78, 5) is 0.140. The van der Waals surface area contributed by atoms with Gasteiger partial charge in [-0.25, -0.2) is 8.42 Å². The van der Waals surface area contributed by atoms with Gasteiger partial charge in [0.25, 0.3) is 0 Å². The molecule has 0 aromatic heterocycles. The van der Waals surface area contributed by atoms with Gasteiger partial charge in [-0.3, -0.25) is 0 Å². The first-order valence-corrected chi connectivity index (χ1v) is 7.43. The Morgan fingerprint density at radius 2 is 2.16 bits per heavy atom. The molecule has 0 aliphatic heterocycles. The fourth-order valence-corrected chi connectivity index (χ4v) is 3.36. The molecule has 0 saturated heterocycles. The third kappa shape index (κ3) is 3.34. The minimum Gasteiger partial charge on any atom is -0.495 e. The number of hydrogen-bond donors (Lipinski definition) is 1. The van der Waals surface area contributed by atoms with E-state index in [1.54, 1.807) is 31.2 Å². The van der Waals surface area contributed by atoms with Crippen molar-refractivity contribution < 1.29 is 13.2 Å². The third-order valence-electron chi connectivity index (χ3n) is 2.77. The van der Waals surface area contributed by atoms with Crippen LogP contribution in [0, 0.1) is 0 Å². The van der Waals surface area contributed by atoms with Gasteiger partial charge in [-0.15, -0.1) is 6.58 Å². The lowest BCUT2D eigenvalue weighted by Gasteiger charge is -2.20. The third-order valence-corrected chi connectivity index (χ3v) is 4.73. The fourth-order valence-electron chi connectivity index (χ4n) is 1.73. The van der Waals surface area contributed by atoms with Crippen molar-refractivity contribution in [2.75, 3.05) is 20.2 Å². The summed E-state index contributed by atoms with van der Waals surface area (Å²) in [6.45, 7) is 6.25. The zero-order valence-electron chi connectivity index (χ0n) is 11.3. The second kappa shape index (κ2) is 6.70. The maximum Gasteiger partial charge on any atom is 0.247 e. The molecule has 1 rings (SSSR count). The van der Waals surface area contributed by atoms with Gasteiger partial charge >= 0.3 is 0 Å². The number of ether oxygens (including phenoxy) is 1. The number of nitrogens with two attached hydrogens (primary N) is 1. The highest BCUT2D eigenvalue weighted by Gasteiger charge is 2.26. The van der Waals surface area contributed by atoms with E-state index in [2.05, 4.69) is 6.58 Å². The van der Waals surface area contributed by atoms with E-state index in [0.29, 0.717) is 12.3 Å². The molecular formula is C13H20N2O3S. The van der Waals surface area contributed by atoms with Crippen LogP contribution < -0.4 is 10.5 Å². The predicted octanol–water partition coefficient (Wildman–Crippen LogP) is 1.35. The molecule has 6 heteroatoms. The van der Waals surface area contributed by atoms with Gasteiger partial charge in [0.1, 0.15) is 10.6 Å². The number of hydrogen-bond acceptors (Lipinski definition) is 4. The van der Waals surface area contributed by atoms with Crippen LogP contribution in [0.2, 0.25) is 0 Å². The van der Waals surface area contributed by atoms with E-state index in [9.17, 15) is 8.42 Å². The van der Waals surface area contributed by atoms with Crippen molar-refractivity contribution in [3.63, 3.8) is 0 Å². The molecule has 1 aromatic carbocycles. The average Bonchev–Trinajstić information content (AvgIpc) is 2.43. The molecule has 5 nitrogen and oxygen atoms in total. The molecule has 106 valence electrons. The molecule has 0 saturated carbocycles. The van der Waals surface area contributed by atoms with Crippen LogP contribution in [0.5, 0.6) is 5.75 Å². The van der Waals surface area contributed by atoms with Crippen LogP contribution in [0.3, 0.4) is 0 Å². The second-order valence-corrected chi connectivity index (χ2v) is 5.84. The molecule has 0 aliphatic rings. The maximum atomic E-state index is 12.6. The standard InChI is InChI=1S/C13H20N2O3S/c1-4-8-15(5-2)19(16,17)13-9-11(10-14)6-7-12(13)18-3/h4,6-7,9H,1,5,8,10,14H2,2-3H3. The van der Waals surface area contributed by atoms with Crippen LogP contribution in [0.15, 0.2) is 35.7 Å². The molecule has 2 N–H and O–H groups in total. The monoisotopic (exact) mass is 284 g/mol. The molecule has 0 unspecified atom stereocenters. The van der Waals surface area contributed by atoms with Crippen molar-refractivity contribution in [3.8, 4) is 5.75 Å². The van der Waals surface area contributed by atoms with Gasteiger partial charge in [-0.2, -0.15) is 4.31 Å². The Morgan fingerprint density at radius 3 is 2.63 bits per heavy atom. The molecule has 1 aromatic rings. The Labute approximate surface area is 114 Å². The van der Waals surface area contributed by atoms with Gasteiger partial charge < -0.3 is 10.5 Å². The molecule has 0 radical (unpaired) electrons. The van der Waals surface area contributed by atoms with Crippen molar-refractivity contribution in [3.05, 3.63) is 36.4 Å². The Bertz CT molecular complexity index is 541. The molecule has 0 spiro atoms. The second-order valence-electron chi connectivity index (χ2n) is 3.93. The van der Waals surface area contributed by atoms with Crippen molar-refractivity contribution in [2.24, 2.45) is 5.73 Å². The largest absolute Gasteiger partial charge is 0.495 e. The van der Waals surface area contributed by atoms with Crippen LogP contribution in [-0.2, 0) is 16.6 Å². The molecular weight excluding hydrogens is 264 g/mol. The zero-order valence-corrected chi connectivity index (χ0v) is 12.1. The Kier molecular flexibility index (Phi) is 5.53. The lowest BCUT2D eigenvalue weighted by molar-refractivity contribution is 0.397. The summed E-state index contributed by atoms with van der Waals surface area (Å²) in [7, 11) is -2.16. The fraction of sp³-hybridized carbons (Fsp3) is 0.385. The van der Waals surface area contributed by atoms with Crippen molar-refractivity contribution in [1.29, 1.82) is 0 Å². The molecule has 0 amide bonds. The van der Waals surface area contributed by atoms with Crippen LogP contribution in [-0.4, -0.2) is 32.9 Å². The first kappa shape index (κ1) is 15.7. The lowest BCUT2D eigenvalue weighted by Crippen LogP contribution is -2.31. The van der Waals surface area contributed by atoms with E-state index >= 15 is 0 Å². The number of benzene rings is 1. The number of nitrogens with zero attached hydrogens (tertiary/aromatic N) is 1. The van der Waals surface area contributed by atoms with Gasteiger partial charge in [-0.1, -0.05) is 19.1 Å². The van der Waals surface area contributed by atoms with Crippen LogP contribution in [0.4, 0.5) is 0 Å². The highest BCUT2D eigenvalue weighted by atomic mass is 32.2. The number of rotatable bonds is 7. The molecule has 0 atom stereocenters. The molecule has 19 heavy (non-hydrogen) atoms. The Balaban J connectivity index is 3.36. The van der Waals surface area contributed by atoms with Gasteiger partial charge in [0, 0.05) is 19.6 Å². The van der Waals surface area contributed by atoms with E-state index < -0.39 is 10.0 Å². The van der Waals surface area contributed by atoms with E-state index in [1.807, 2.05) is 0 Å².